The van der Waals surface area contributed by atoms with Gasteiger partial charge >= 0.3 is 5.97 Å². The van der Waals surface area contributed by atoms with Gasteiger partial charge in [0.15, 0.2) is 0 Å². The van der Waals surface area contributed by atoms with Crippen molar-refractivity contribution in [3.05, 3.63) is 35.9 Å². The van der Waals surface area contributed by atoms with E-state index in [4.69, 9.17) is 5.11 Å². The first-order valence-corrected chi connectivity index (χ1v) is 5.75. The first-order valence-electron chi connectivity index (χ1n) is 5.75. The van der Waals surface area contributed by atoms with Crippen LogP contribution in [0.1, 0.15) is 24.8 Å². The molecule has 0 unspecified atom stereocenters. The first kappa shape index (κ1) is 12.7. The number of unbranched alkanes of at least 4 members (excludes halogenated alkanes) is 1. The van der Waals surface area contributed by atoms with Gasteiger partial charge in [-0.2, -0.15) is 0 Å². The minimum Gasteiger partial charge on any atom is -0.481 e. The van der Waals surface area contributed by atoms with E-state index in [-0.39, 0.29) is 6.42 Å². The number of hydrogen-bond donors (Lipinski definition) is 2. The number of aliphatic carboxylic acids is 1. The molecule has 16 heavy (non-hydrogen) atoms. The van der Waals surface area contributed by atoms with Gasteiger partial charge in [0.1, 0.15) is 0 Å². The van der Waals surface area contributed by atoms with Crippen molar-refractivity contribution in [2.45, 2.75) is 25.7 Å². The van der Waals surface area contributed by atoms with Crippen LogP contribution in [-0.4, -0.2) is 24.2 Å². The van der Waals surface area contributed by atoms with Crippen LogP contribution >= 0.6 is 0 Å². The lowest BCUT2D eigenvalue weighted by molar-refractivity contribution is -0.137. The molecule has 0 aliphatic carbocycles. The molecule has 3 nitrogen and oxygen atoms in total. The van der Waals surface area contributed by atoms with Crippen molar-refractivity contribution in [2.75, 3.05) is 13.1 Å². The highest BCUT2D eigenvalue weighted by Crippen LogP contribution is 1.98. The van der Waals surface area contributed by atoms with Crippen LogP contribution in [0.25, 0.3) is 0 Å². The van der Waals surface area contributed by atoms with Gasteiger partial charge in [0.2, 0.25) is 0 Å². The largest absolute Gasteiger partial charge is 0.481 e. The van der Waals surface area contributed by atoms with Crippen LogP contribution in [0, 0.1) is 0 Å². The number of nitrogens with one attached hydrogen (secondary N) is 1. The van der Waals surface area contributed by atoms with Crippen molar-refractivity contribution in [3.8, 4) is 0 Å². The summed E-state index contributed by atoms with van der Waals surface area (Å²) in [6.45, 7) is 1.86. The molecule has 1 aromatic carbocycles. The molecular weight excluding hydrogens is 202 g/mol. The lowest BCUT2D eigenvalue weighted by Gasteiger charge is -2.04. The van der Waals surface area contributed by atoms with E-state index in [1.165, 1.54) is 5.56 Å². The summed E-state index contributed by atoms with van der Waals surface area (Å²) in [4.78, 5) is 10.3. The Kier molecular flexibility index (Phi) is 6.26. The molecule has 0 aromatic heterocycles. The standard InChI is InChI=1S/C13H19NO2/c15-13(16)8-4-5-10-14-11-9-12-6-2-1-3-7-12/h1-3,6-7,14H,4-5,8-11H2,(H,15,16). The fraction of sp³-hybridized carbons (Fsp3) is 0.462. The van der Waals surface area contributed by atoms with E-state index >= 15 is 0 Å². The smallest absolute Gasteiger partial charge is 0.303 e. The second kappa shape index (κ2) is 7.88. The first-order chi connectivity index (χ1) is 7.79. The van der Waals surface area contributed by atoms with E-state index in [1.54, 1.807) is 0 Å². The average Bonchev–Trinajstić information content (AvgIpc) is 2.29. The van der Waals surface area contributed by atoms with E-state index in [9.17, 15) is 4.79 Å². The van der Waals surface area contributed by atoms with Gasteiger partial charge in [-0.1, -0.05) is 30.3 Å². The molecule has 88 valence electrons. The van der Waals surface area contributed by atoms with Crippen LogP contribution in [0.2, 0.25) is 0 Å². The summed E-state index contributed by atoms with van der Waals surface area (Å²) in [5.41, 5.74) is 1.33. The van der Waals surface area contributed by atoms with Crippen LogP contribution in [-0.2, 0) is 11.2 Å². The van der Waals surface area contributed by atoms with Crippen molar-refractivity contribution in [2.24, 2.45) is 0 Å². The number of carboxylic acids is 1. The zero-order valence-electron chi connectivity index (χ0n) is 9.48. The molecule has 0 aliphatic rings. The highest BCUT2D eigenvalue weighted by Gasteiger charge is 1.96. The van der Waals surface area contributed by atoms with E-state index in [2.05, 4.69) is 17.4 Å². The van der Waals surface area contributed by atoms with Gasteiger partial charge < -0.3 is 10.4 Å². The SMILES string of the molecule is O=C(O)CCCCNCCc1ccccc1. The normalized spacial score (nSPS) is 10.2. The lowest BCUT2D eigenvalue weighted by atomic mass is 10.1. The second-order valence-electron chi connectivity index (χ2n) is 3.84. The molecule has 0 bridgehead atoms. The molecular formula is C13H19NO2. The lowest BCUT2D eigenvalue weighted by Crippen LogP contribution is -2.18. The minimum absolute atomic E-state index is 0.278. The predicted octanol–water partition coefficient (Wildman–Crippen LogP) is 2.07. The molecule has 0 heterocycles. The summed E-state index contributed by atoms with van der Waals surface area (Å²) >= 11 is 0. The number of benzene rings is 1. The number of rotatable bonds is 8. The Labute approximate surface area is 96.5 Å². The quantitative estimate of drug-likeness (QED) is 0.661. The van der Waals surface area contributed by atoms with E-state index < -0.39 is 5.97 Å². The number of carbonyl (C=O) groups is 1. The van der Waals surface area contributed by atoms with Gasteiger partial charge in [-0.05, 0) is 37.9 Å². The number of carboxylic acid groups (broad SMARTS) is 1. The number of hydrogen-bond acceptors (Lipinski definition) is 2. The maximum absolute atomic E-state index is 10.3. The Morgan fingerprint density at radius 2 is 1.88 bits per heavy atom. The molecule has 0 atom stereocenters. The van der Waals surface area contributed by atoms with Crippen molar-refractivity contribution < 1.29 is 9.90 Å². The van der Waals surface area contributed by atoms with Gasteiger partial charge in [0, 0.05) is 6.42 Å². The second-order valence-corrected chi connectivity index (χ2v) is 3.84. The van der Waals surface area contributed by atoms with E-state index in [0.717, 1.165) is 32.4 Å². The fourth-order valence-corrected chi connectivity index (χ4v) is 1.53. The van der Waals surface area contributed by atoms with Crippen LogP contribution in [0.3, 0.4) is 0 Å². The topological polar surface area (TPSA) is 49.3 Å². The molecule has 3 heteroatoms. The zero-order valence-corrected chi connectivity index (χ0v) is 9.48. The highest BCUT2D eigenvalue weighted by atomic mass is 16.4. The summed E-state index contributed by atoms with van der Waals surface area (Å²) < 4.78 is 0. The van der Waals surface area contributed by atoms with Gasteiger partial charge in [-0.3, -0.25) is 4.79 Å². The molecule has 0 spiro atoms. The Morgan fingerprint density at radius 3 is 2.56 bits per heavy atom. The minimum atomic E-state index is -0.704. The van der Waals surface area contributed by atoms with E-state index in [1.807, 2.05) is 18.2 Å². The summed E-state index contributed by atoms with van der Waals surface area (Å²) in [5, 5.41) is 11.8. The highest BCUT2D eigenvalue weighted by molar-refractivity contribution is 5.66. The van der Waals surface area contributed by atoms with Crippen LogP contribution in [0.15, 0.2) is 30.3 Å². The van der Waals surface area contributed by atoms with E-state index in [0.29, 0.717) is 0 Å². The third-order valence-electron chi connectivity index (χ3n) is 2.43. The monoisotopic (exact) mass is 221 g/mol. The van der Waals surface area contributed by atoms with Gasteiger partial charge in [-0.25, -0.2) is 0 Å². The molecule has 0 saturated heterocycles. The third kappa shape index (κ3) is 6.19. The average molecular weight is 221 g/mol. The summed E-state index contributed by atoms with van der Waals surface area (Å²) in [6, 6.07) is 10.3. The summed E-state index contributed by atoms with van der Waals surface area (Å²) in [5.74, 6) is -0.704. The van der Waals surface area contributed by atoms with Gasteiger partial charge in [0.25, 0.3) is 0 Å². The summed E-state index contributed by atoms with van der Waals surface area (Å²) in [6.07, 6.45) is 2.99. The van der Waals surface area contributed by atoms with Crippen molar-refractivity contribution in [1.29, 1.82) is 0 Å². The molecule has 2 N–H and O–H groups in total. The van der Waals surface area contributed by atoms with Crippen LogP contribution in [0.4, 0.5) is 0 Å². The Morgan fingerprint density at radius 1 is 1.12 bits per heavy atom. The van der Waals surface area contributed by atoms with Crippen molar-refractivity contribution in [1.82, 2.24) is 5.32 Å². The van der Waals surface area contributed by atoms with Crippen molar-refractivity contribution >= 4 is 5.97 Å². The molecule has 1 rings (SSSR count). The molecule has 0 fully saturated rings. The maximum Gasteiger partial charge on any atom is 0.303 e. The van der Waals surface area contributed by atoms with Gasteiger partial charge in [-0.15, -0.1) is 0 Å². The Balaban J connectivity index is 1.94. The predicted molar refractivity (Wildman–Crippen MR) is 64.5 cm³/mol. The molecule has 0 radical (unpaired) electrons. The Hall–Kier alpha value is -1.35. The van der Waals surface area contributed by atoms with Gasteiger partial charge in [0.05, 0.1) is 0 Å². The molecule has 0 amide bonds. The van der Waals surface area contributed by atoms with Crippen LogP contribution in [0.5, 0.6) is 0 Å². The molecule has 0 saturated carbocycles. The van der Waals surface area contributed by atoms with Crippen LogP contribution < -0.4 is 5.32 Å². The molecule has 0 aliphatic heterocycles. The zero-order chi connectivity index (χ0) is 11.6. The Bertz CT molecular complexity index is 298. The maximum atomic E-state index is 10.3. The van der Waals surface area contributed by atoms with Crippen molar-refractivity contribution in [3.63, 3.8) is 0 Å². The fourth-order valence-electron chi connectivity index (χ4n) is 1.53. The summed E-state index contributed by atoms with van der Waals surface area (Å²) in [7, 11) is 0. The third-order valence-corrected chi connectivity index (χ3v) is 2.43. The molecule has 1 aromatic rings.